The van der Waals surface area contributed by atoms with Crippen molar-refractivity contribution in [3.05, 3.63) is 80.1 Å². The summed E-state index contributed by atoms with van der Waals surface area (Å²) in [5.41, 5.74) is 3.73. The lowest BCUT2D eigenvalue weighted by molar-refractivity contribution is 0.157. The highest BCUT2D eigenvalue weighted by molar-refractivity contribution is 5.96. The lowest BCUT2D eigenvalue weighted by Crippen LogP contribution is -2.28. The van der Waals surface area contributed by atoms with Crippen molar-refractivity contribution in [3.63, 3.8) is 0 Å². The zero-order valence-electron chi connectivity index (χ0n) is 25.0. The van der Waals surface area contributed by atoms with Gasteiger partial charge in [-0.05, 0) is 79.4 Å². The Morgan fingerprint density at radius 1 is 1.07 bits per heavy atom. The first-order chi connectivity index (χ1) is 19.7. The monoisotopic (exact) mass is 570 g/mol. The summed E-state index contributed by atoms with van der Waals surface area (Å²) in [7, 11) is 0. The van der Waals surface area contributed by atoms with E-state index in [1.54, 1.807) is 13.0 Å². The van der Waals surface area contributed by atoms with Crippen LogP contribution in [0.3, 0.4) is 0 Å². The second-order valence-corrected chi connectivity index (χ2v) is 12.3. The second kappa shape index (κ2) is 10.5. The third kappa shape index (κ3) is 4.87. The molecule has 2 heterocycles. The number of phenolic OH excluding ortho intramolecular Hbond substituents is 4. The maximum Gasteiger partial charge on any atom is 0.200 e. The molecule has 3 aromatic rings. The Hall–Kier alpha value is -4.39. The Labute approximate surface area is 245 Å². The predicted molar refractivity (Wildman–Crippen MR) is 166 cm³/mol. The Bertz CT molecular complexity index is 1790. The van der Waals surface area contributed by atoms with E-state index in [2.05, 4.69) is 39.5 Å². The van der Waals surface area contributed by atoms with Crippen molar-refractivity contribution >= 4 is 17.0 Å². The highest BCUT2D eigenvalue weighted by Gasteiger charge is 2.38. The molecule has 0 bridgehead atoms. The lowest BCUT2D eigenvalue weighted by atomic mass is 9.77. The minimum absolute atomic E-state index is 0.0393. The molecule has 0 radical (unpaired) electrons. The molecular formula is C35H38O7. The highest BCUT2D eigenvalue weighted by Crippen LogP contribution is 2.54. The van der Waals surface area contributed by atoms with Gasteiger partial charge in [0, 0.05) is 28.7 Å². The van der Waals surface area contributed by atoms with Gasteiger partial charge in [-0.2, -0.15) is 0 Å². The average molecular weight is 571 g/mol. The number of rotatable bonds is 6. The molecule has 42 heavy (non-hydrogen) atoms. The molecular weight excluding hydrogens is 532 g/mol. The minimum Gasteiger partial charge on any atom is -0.507 e. The molecule has 0 amide bonds. The van der Waals surface area contributed by atoms with Gasteiger partial charge < -0.3 is 29.6 Å². The minimum atomic E-state index is -0.665. The van der Waals surface area contributed by atoms with E-state index in [4.69, 9.17) is 9.15 Å². The molecule has 5 rings (SSSR count). The SMILES string of the molecule is C=C(C)C1Cc2c(oc3c(C/C=C(\C)CCC=C(C)C)c4c(c(O)c3c2=O)C=CC(C)(C)O4)-c2c(O)cc(O)c(O)c21. The van der Waals surface area contributed by atoms with E-state index < -0.39 is 28.4 Å². The first-order valence-electron chi connectivity index (χ1n) is 14.2. The summed E-state index contributed by atoms with van der Waals surface area (Å²) in [6.07, 6.45) is 10.1. The predicted octanol–water partition coefficient (Wildman–Crippen LogP) is 7.92. The van der Waals surface area contributed by atoms with Gasteiger partial charge in [-0.15, -0.1) is 0 Å². The van der Waals surface area contributed by atoms with Crippen molar-refractivity contribution in [1.82, 2.24) is 0 Å². The van der Waals surface area contributed by atoms with Crippen LogP contribution < -0.4 is 10.2 Å². The standard InChI is InChI=1S/C35H38O7/c1-17(2)9-8-10-19(5)11-12-21-32-20(13-14-35(6,7)42-32)29(38)28-30(39)23-15-22(18(3)4)26-27(34(23)41-33(21)28)24(36)16-25(37)31(26)40/h9,11,13-14,16,22,36-38,40H,3,8,10,12,15H2,1-2,4-7H3/b19-11+. The molecule has 4 N–H and O–H groups in total. The van der Waals surface area contributed by atoms with E-state index in [0.29, 0.717) is 28.9 Å². The molecule has 0 fully saturated rings. The molecule has 220 valence electrons. The van der Waals surface area contributed by atoms with Gasteiger partial charge in [-0.25, -0.2) is 0 Å². The van der Waals surface area contributed by atoms with Gasteiger partial charge in [0.2, 0.25) is 0 Å². The number of ether oxygens (including phenoxy) is 1. The Morgan fingerprint density at radius 3 is 2.45 bits per heavy atom. The molecule has 1 atom stereocenters. The van der Waals surface area contributed by atoms with Crippen molar-refractivity contribution in [2.75, 3.05) is 0 Å². The van der Waals surface area contributed by atoms with E-state index in [9.17, 15) is 25.2 Å². The van der Waals surface area contributed by atoms with Gasteiger partial charge in [-0.1, -0.05) is 35.5 Å². The smallest absolute Gasteiger partial charge is 0.200 e. The van der Waals surface area contributed by atoms with Crippen molar-refractivity contribution in [2.24, 2.45) is 0 Å². The quantitative estimate of drug-likeness (QED) is 0.135. The number of hydrogen-bond acceptors (Lipinski definition) is 7. The molecule has 1 aliphatic carbocycles. The number of fused-ring (bicyclic) bond motifs is 5. The Kier molecular flexibility index (Phi) is 7.25. The fourth-order valence-electron chi connectivity index (χ4n) is 5.87. The van der Waals surface area contributed by atoms with Gasteiger partial charge in [0.05, 0.1) is 11.1 Å². The summed E-state index contributed by atoms with van der Waals surface area (Å²) >= 11 is 0. The number of phenols is 4. The topological polar surface area (TPSA) is 120 Å². The molecule has 0 saturated heterocycles. The summed E-state index contributed by atoms with van der Waals surface area (Å²) in [5, 5.41) is 43.7. The van der Waals surface area contributed by atoms with Crippen LogP contribution in [-0.2, 0) is 12.8 Å². The zero-order valence-corrected chi connectivity index (χ0v) is 25.0. The third-order valence-corrected chi connectivity index (χ3v) is 8.13. The fourth-order valence-corrected chi connectivity index (χ4v) is 5.87. The van der Waals surface area contributed by atoms with E-state index in [0.717, 1.165) is 24.5 Å². The van der Waals surface area contributed by atoms with Crippen LogP contribution in [0.1, 0.15) is 82.6 Å². The maximum atomic E-state index is 14.2. The van der Waals surface area contributed by atoms with E-state index >= 15 is 0 Å². The van der Waals surface area contributed by atoms with Gasteiger partial charge in [0.15, 0.2) is 16.9 Å². The van der Waals surface area contributed by atoms with Crippen LogP contribution in [0.5, 0.6) is 28.7 Å². The fraction of sp³-hybridized carbons (Fsp3) is 0.343. The van der Waals surface area contributed by atoms with Crippen LogP contribution in [0.4, 0.5) is 0 Å². The average Bonchev–Trinajstić information content (AvgIpc) is 2.89. The summed E-state index contributed by atoms with van der Waals surface area (Å²) in [6.45, 7) is 15.8. The summed E-state index contributed by atoms with van der Waals surface area (Å²) in [4.78, 5) is 14.2. The molecule has 2 aliphatic rings. The normalized spacial score (nSPS) is 16.8. The molecule has 2 aromatic carbocycles. The maximum absolute atomic E-state index is 14.2. The Morgan fingerprint density at radius 2 is 1.79 bits per heavy atom. The van der Waals surface area contributed by atoms with Gasteiger partial charge in [0.25, 0.3) is 0 Å². The first kappa shape index (κ1) is 29.1. The van der Waals surface area contributed by atoms with E-state index in [-0.39, 0.29) is 51.3 Å². The molecule has 1 unspecified atom stereocenters. The largest absolute Gasteiger partial charge is 0.507 e. The molecule has 1 aromatic heterocycles. The van der Waals surface area contributed by atoms with Gasteiger partial charge in [-0.3, -0.25) is 4.79 Å². The van der Waals surface area contributed by atoms with Crippen LogP contribution in [0.25, 0.3) is 28.4 Å². The molecule has 7 nitrogen and oxygen atoms in total. The number of allylic oxidation sites excluding steroid dienone is 5. The molecule has 0 spiro atoms. The lowest BCUT2D eigenvalue weighted by Gasteiger charge is -2.31. The zero-order chi connectivity index (χ0) is 30.7. The van der Waals surface area contributed by atoms with Crippen LogP contribution in [0.15, 0.2) is 56.8 Å². The van der Waals surface area contributed by atoms with E-state index in [1.165, 1.54) is 5.57 Å². The Balaban J connectivity index is 1.82. The van der Waals surface area contributed by atoms with Crippen molar-refractivity contribution in [1.29, 1.82) is 0 Å². The summed E-state index contributed by atoms with van der Waals surface area (Å²) in [5.74, 6) is -1.50. The van der Waals surface area contributed by atoms with Gasteiger partial charge in [0.1, 0.15) is 39.6 Å². The summed E-state index contributed by atoms with van der Waals surface area (Å²) < 4.78 is 12.9. The number of benzene rings is 2. The van der Waals surface area contributed by atoms with Gasteiger partial charge >= 0.3 is 0 Å². The molecule has 0 saturated carbocycles. The van der Waals surface area contributed by atoms with Crippen LogP contribution in [0, 0.1) is 0 Å². The second-order valence-electron chi connectivity index (χ2n) is 12.3. The van der Waals surface area contributed by atoms with Crippen LogP contribution in [0.2, 0.25) is 0 Å². The van der Waals surface area contributed by atoms with Crippen LogP contribution in [-0.4, -0.2) is 26.0 Å². The third-order valence-electron chi connectivity index (χ3n) is 8.13. The highest BCUT2D eigenvalue weighted by atomic mass is 16.5. The van der Waals surface area contributed by atoms with Crippen molar-refractivity contribution in [2.45, 2.75) is 78.7 Å². The molecule has 1 aliphatic heterocycles. The van der Waals surface area contributed by atoms with Crippen molar-refractivity contribution < 1.29 is 29.6 Å². The molecule has 7 heteroatoms. The van der Waals surface area contributed by atoms with E-state index in [1.807, 2.05) is 19.9 Å². The number of hydrogen-bond donors (Lipinski definition) is 4. The number of aromatic hydroxyl groups is 4. The van der Waals surface area contributed by atoms with Crippen molar-refractivity contribution in [3.8, 4) is 40.1 Å². The van der Waals surface area contributed by atoms with Crippen LogP contribution >= 0.6 is 0 Å². The first-order valence-corrected chi connectivity index (χ1v) is 14.2. The summed E-state index contributed by atoms with van der Waals surface area (Å²) in [6, 6.07) is 1.03.